The van der Waals surface area contributed by atoms with Gasteiger partial charge in [0, 0.05) is 37.8 Å². The molecule has 29 heavy (non-hydrogen) atoms. The molecule has 1 heterocycles. The molecule has 1 N–H and O–H groups in total. The number of hydrogen-bond donors (Lipinski definition) is 1. The van der Waals surface area contributed by atoms with Gasteiger partial charge in [0.1, 0.15) is 5.69 Å². The van der Waals surface area contributed by atoms with Crippen molar-refractivity contribution in [3.63, 3.8) is 0 Å². The average Bonchev–Trinajstić information content (AvgIpc) is 2.72. The Morgan fingerprint density at radius 1 is 1.21 bits per heavy atom. The zero-order chi connectivity index (χ0) is 20.8. The third-order valence-electron chi connectivity index (χ3n) is 6.68. The van der Waals surface area contributed by atoms with Crippen LogP contribution in [-0.4, -0.2) is 47.7 Å². The predicted octanol–water partition coefficient (Wildman–Crippen LogP) is 5.15. The molecule has 0 bridgehead atoms. The van der Waals surface area contributed by atoms with Gasteiger partial charge < -0.3 is 10.1 Å². The van der Waals surface area contributed by atoms with E-state index in [1.54, 1.807) is 12.1 Å². The van der Waals surface area contributed by atoms with Gasteiger partial charge in [-0.25, -0.2) is 0 Å². The molecular formula is C23H37N3O3. The smallest absolute Gasteiger partial charge is 0.292 e. The van der Waals surface area contributed by atoms with Crippen LogP contribution in [0.5, 0.6) is 0 Å². The lowest BCUT2D eigenvalue weighted by Crippen LogP contribution is -2.50. The van der Waals surface area contributed by atoms with Gasteiger partial charge in [0.05, 0.1) is 11.0 Å². The van der Waals surface area contributed by atoms with Gasteiger partial charge >= 0.3 is 0 Å². The summed E-state index contributed by atoms with van der Waals surface area (Å²) in [4.78, 5) is 13.7. The van der Waals surface area contributed by atoms with E-state index in [1.807, 2.05) is 13.0 Å². The number of rotatable bonds is 8. The molecule has 3 atom stereocenters. The van der Waals surface area contributed by atoms with Crippen LogP contribution in [0, 0.1) is 23.0 Å². The van der Waals surface area contributed by atoms with E-state index >= 15 is 0 Å². The van der Waals surface area contributed by atoms with Gasteiger partial charge in [0.25, 0.3) is 5.69 Å². The van der Waals surface area contributed by atoms with Crippen LogP contribution in [0.1, 0.15) is 64.4 Å². The maximum Gasteiger partial charge on any atom is 0.292 e. The Kier molecular flexibility index (Phi) is 7.90. The minimum absolute atomic E-state index is 0.175. The number of likely N-dealkylation sites (tertiary alicyclic amines) is 1. The van der Waals surface area contributed by atoms with Crippen LogP contribution in [0.2, 0.25) is 0 Å². The Balaban J connectivity index is 1.54. The van der Waals surface area contributed by atoms with Crippen molar-refractivity contribution in [2.75, 3.05) is 25.0 Å². The Labute approximate surface area is 175 Å². The topological polar surface area (TPSA) is 67.6 Å². The molecule has 2 fully saturated rings. The SMILES string of the molecule is CCCO[C@H]1CC[C@H](N2CCC(Nc3cc(C)ccc3[N+](=O)[O-])CC2)[C@@H](CC)C1. The third kappa shape index (κ3) is 5.70. The molecule has 162 valence electrons. The van der Waals surface area contributed by atoms with E-state index in [0.29, 0.717) is 29.8 Å². The fraction of sp³-hybridized carbons (Fsp3) is 0.739. The van der Waals surface area contributed by atoms with E-state index in [0.717, 1.165) is 44.5 Å². The number of piperidine rings is 1. The standard InChI is InChI=1S/C23H37N3O3/c1-4-14-29-20-7-9-22(18(5-2)16-20)25-12-10-19(11-13-25)24-21-15-17(3)6-8-23(21)26(27)28/h6,8,15,18-20,22,24H,4-5,7,9-14,16H2,1-3H3/t18-,20-,22-/m0/s1. The molecule has 1 aliphatic carbocycles. The highest BCUT2D eigenvalue weighted by Gasteiger charge is 2.35. The Hall–Kier alpha value is -1.66. The molecule has 1 saturated heterocycles. The maximum absolute atomic E-state index is 11.3. The van der Waals surface area contributed by atoms with E-state index in [-0.39, 0.29) is 10.6 Å². The number of hydrogen-bond acceptors (Lipinski definition) is 5. The maximum atomic E-state index is 11.3. The van der Waals surface area contributed by atoms with E-state index in [4.69, 9.17) is 4.74 Å². The molecule has 0 radical (unpaired) electrons. The summed E-state index contributed by atoms with van der Waals surface area (Å²) >= 11 is 0. The Morgan fingerprint density at radius 2 is 1.97 bits per heavy atom. The highest BCUT2D eigenvalue weighted by atomic mass is 16.6. The number of nitrogens with zero attached hydrogens (tertiary/aromatic N) is 2. The number of nitrogens with one attached hydrogen (secondary N) is 1. The van der Waals surface area contributed by atoms with Crippen molar-refractivity contribution in [2.24, 2.45) is 5.92 Å². The number of anilines is 1. The van der Waals surface area contributed by atoms with Crippen molar-refractivity contribution in [3.8, 4) is 0 Å². The molecular weight excluding hydrogens is 366 g/mol. The summed E-state index contributed by atoms with van der Waals surface area (Å²) in [6.07, 6.45) is 8.41. The molecule has 0 aromatic heterocycles. The van der Waals surface area contributed by atoms with E-state index in [9.17, 15) is 10.1 Å². The summed E-state index contributed by atoms with van der Waals surface area (Å²) in [5.41, 5.74) is 1.88. The highest BCUT2D eigenvalue weighted by molar-refractivity contribution is 5.63. The quantitative estimate of drug-likeness (QED) is 0.480. The van der Waals surface area contributed by atoms with Gasteiger partial charge in [0.15, 0.2) is 0 Å². The molecule has 0 amide bonds. The van der Waals surface area contributed by atoms with Crippen LogP contribution >= 0.6 is 0 Å². The van der Waals surface area contributed by atoms with E-state index < -0.39 is 0 Å². The number of nitro benzene ring substituents is 1. The molecule has 1 aliphatic heterocycles. The number of nitro groups is 1. The molecule has 6 heteroatoms. The molecule has 0 spiro atoms. The first-order chi connectivity index (χ1) is 14.0. The molecule has 0 unspecified atom stereocenters. The second-order valence-corrected chi connectivity index (χ2v) is 8.77. The lowest BCUT2D eigenvalue weighted by molar-refractivity contribution is -0.384. The van der Waals surface area contributed by atoms with Crippen molar-refractivity contribution < 1.29 is 9.66 Å². The number of benzene rings is 1. The molecule has 1 aromatic carbocycles. The van der Waals surface area contributed by atoms with E-state index in [2.05, 4.69) is 24.1 Å². The third-order valence-corrected chi connectivity index (χ3v) is 6.68. The van der Waals surface area contributed by atoms with Crippen LogP contribution in [-0.2, 0) is 4.74 Å². The van der Waals surface area contributed by atoms with Gasteiger partial charge in [-0.3, -0.25) is 15.0 Å². The van der Waals surface area contributed by atoms with Crippen molar-refractivity contribution in [1.29, 1.82) is 0 Å². The van der Waals surface area contributed by atoms with Gasteiger partial charge in [-0.15, -0.1) is 0 Å². The van der Waals surface area contributed by atoms with Gasteiger partial charge in [-0.05, 0) is 63.0 Å². The first kappa shape index (κ1) is 22.0. The van der Waals surface area contributed by atoms with E-state index in [1.165, 1.54) is 25.7 Å². The molecule has 1 aromatic rings. The largest absolute Gasteiger partial charge is 0.378 e. The number of aryl methyl sites for hydroxylation is 1. The monoisotopic (exact) mass is 403 g/mol. The zero-order valence-electron chi connectivity index (χ0n) is 18.2. The van der Waals surface area contributed by atoms with Crippen molar-refractivity contribution in [3.05, 3.63) is 33.9 Å². The summed E-state index contributed by atoms with van der Waals surface area (Å²) in [7, 11) is 0. The Bertz CT molecular complexity index is 673. The predicted molar refractivity (Wildman–Crippen MR) is 118 cm³/mol. The Morgan fingerprint density at radius 3 is 2.62 bits per heavy atom. The van der Waals surface area contributed by atoms with Crippen LogP contribution in [0.15, 0.2) is 18.2 Å². The van der Waals surface area contributed by atoms with Crippen molar-refractivity contribution in [1.82, 2.24) is 4.90 Å². The minimum Gasteiger partial charge on any atom is -0.378 e. The van der Waals surface area contributed by atoms with Gasteiger partial charge in [-0.1, -0.05) is 26.3 Å². The first-order valence-corrected chi connectivity index (χ1v) is 11.4. The molecule has 2 aliphatic rings. The normalized spacial score (nSPS) is 26.4. The van der Waals surface area contributed by atoms with Crippen LogP contribution in [0.25, 0.3) is 0 Å². The summed E-state index contributed by atoms with van der Waals surface area (Å²) in [5.74, 6) is 0.716. The fourth-order valence-electron chi connectivity index (χ4n) is 5.08. The lowest BCUT2D eigenvalue weighted by atomic mass is 9.79. The minimum atomic E-state index is -0.290. The second kappa shape index (κ2) is 10.4. The lowest BCUT2D eigenvalue weighted by Gasteiger charge is -2.45. The summed E-state index contributed by atoms with van der Waals surface area (Å²) in [6.45, 7) is 9.48. The van der Waals surface area contributed by atoms with Gasteiger partial charge in [0.2, 0.25) is 0 Å². The van der Waals surface area contributed by atoms with Crippen LogP contribution in [0.3, 0.4) is 0 Å². The second-order valence-electron chi connectivity index (χ2n) is 8.77. The summed E-state index contributed by atoms with van der Waals surface area (Å²) in [6, 6.07) is 6.27. The fourth-order valence-corrected chi connectivity index (χ4v) is 5.08. The highest BCUT2D eigenvalue weighted by Crippen LogP contribution is 2.35. The number of ether oxygens (including phenoxy) is 1. The summed E-state index contributed by atoms with van der Waals surface area (Å²) < 4.78 is 6.04. The first-order valence-electron chi connectivity index (χ1n) is 11.4. The molecule has 3 rings (SSSR count). The average molecular weight is 404 g/mol. The van der Waals surface area contributed by atoms with Crippen molar-refractivity contribution >= 4 is 11.4 Å². The zero-order valence-corrected chi connectivity index (χ0v) is 18.2. The molecule has 1 saturated carbocycles. The van der Waals surface area contributed by atoms with Gasteiger partial charge in [-0.2, -0.15) is 0 Å². The van der Waals surface area contributed by atoms with Crippen molar-refractivity contribution in [2.45, 2.75) is 83.9 Å². The molecule has 6 nitrogen and oxygen atoms in total. The van der Waals surface area contributed by atoms with Crippen LogP contribution in [0.4, 0.5) is 11.4 Å². The summed E-state index contributed by atoms with van der Waals surface area (Å²) in [5, 5.41) is 14.8. The van der Waals surface area contributed by atoms with Crippen LogP contribution < -0.4 is 5.32 Å².